The molecule has 0 saturated heterocycles. The van der Waals surface area contributed by atoms with E-state index in [-0.39, 0.29) is 23.7 Å². The zero-order valence-corrected chi connectivity index (χ0v) is 14.1. The number of hydrogen-bond acceptors (Lipinski definition) is 7. The van der Waals surface area contributed by atoms with Crippen LogP contribution in [0.3, 0.4) is 0 Å². The molecule has 0 aliphatic carbocycles. The van der Waals surface area contributed by atoms with E-state index in [1.54, 1.807) is 12.1 Å². The largest absolute Gasteiger partial charge is 0.493 e. The molecule has 0 radical (unpaired) electrons. The second-order valence-corrected chi connectivity index (χ2v) is 6.43. The van der Waals surface area contributed by atoms with E-state index in [1.165, 1.54) is 18.4 Å². The molecular weight excluding hydrogens is 326 g/mol. The topological polar surface area (TPSA) is 98.3 Å². The second-order valence-electron chi connectivity index (χ2n) is 5.57. The second kappa shape index (κ2) is 6.45. The van der Waals surface area contributed by atoms with Crippen LogP contribution in [0.1, 0.15) is 34.3 Å². The van der Waals surface area contributed by atoms with Gasteiger partial charge in [-0.3, -0.25) is 0 Å². The molecule has 0 amide bonds. The lowest BCUT2D eigenvalue weighted by Gasteiger charge is -2.12. The summed E-state index contributed by atoms with van der Waals surface area (Å²) in [5, 5.41) is 12.7. The average Bonchev–Trinajstić information content (AvgIpc) is 2.99. The van der Waals surface area contributed by atoms with Gasteiger partial charge in [0.15, 0.2) is 0 Å². The Morgan fingerprint density at radius 2 is 2.04 bits per heavy atom. The van der Waals surface area contributed by atoms with Crippen molar-refractivity contribution in [3.63, 3.8) is 0 Å². The van der Waals surface area contributed by atoms with E-state index in [2.05, 4.69) is 16.9 Å². The molecule has 3 aromatic rings. The number of fused-ring (bicyclic) bond motifs is 1. The molecule has 1 aromatic carbocycles. The first kappa shape index (κ1) is 16.2. The number of aromatic hydroxyl groups is 1. The maximum atomic E-state index is 11.5. The van der Waals surface area contributed by atoms with Crippen LogP contribution in [0, 0.1) is 0 Å². The van der Waals surface area contributed by atoms with Crippen molar-refractivity contribution in [1.82, 2.24) is 9.97 Å². The number of nitrogens with two attached hydrogens (primary N) is 1. The minimum absolute atomic E-state index is 0.0689. The molecule has 0 saturated carbocycles. The van der Waals surface area contributed by atoms with Crippen LogP contribution in [-0.4, -0.2) is 28.2 Å². The van der Waals surface area contributed by atoms with Gasteiger partial charge in [-0.15, -0.1) is 11.3 Å². The molecule has 7 heteroatoms. The average molecular weight is 343 g/mol. The number of methoxy groups -OCH3 is 1. The van der Waals surface area contributed by atoms with Gasteiger partial charge in [0.1, 0.15) is 4.83 Å². The first-order valence-electron chi connectivity index (χ1n) is 7.40. The number of nitrogen functional groups attached to an aromatic ring is 1. The van der Waals surface area contributed by atoms with Gasteiger partial charge in [0, 0.05) is 0 Å². The van der Waals surface area contributed by atoms with Crippen molar-refractivity contribution in [2.75, 3.05) is 12.8 Å². The number of thiophene rings is 1. The van der Waals surface area contributed by atoms with Gasteiger partial charge in [-0.1, -0.05) is 19.1 Å². The van der Waals surface area contributed by atoms with Crippen molar-refractivity contribution >= 4 is 33.5 Å². The highest BCUT2D eigenvalue weighted by atomic mass is 32.1. The molecule has 6 nitrogen and oxygen atoms in total. The molecule has 3 N–H and O–H groups in total. The molecule has 1 unspecified atom stereocenters. The number of rotatable bonds is 4. The van der Waals surface area contributed by atoms with Crippen LogP contribution < -0.4 is 5.73 Å². The summed E-state index contributed by atoms with van der Waals surface area (Å²) in [5.41, 5.74) is 8.17. The van der Waals surface area contributed by atoms with Crippen molar-refractivity contribution in [1.29, 1.82) is 0 Å². The Balaban J connectivity index is 1.85. The number of anilines is 1. The van der Waals surface area contributed by atoms with E-state index in [9.17, 15) is 9.90 Å². The summed E-state index contributed by atoms with van der Waals surface area (Å²) in [4.78, 5) is 20.2. The number of esters is 1. The van der Waals surface area contributed by atoms with E-state index in [4.69, 9.17) is 10.5 Å². The minimum Gasteiger partial charge on any atom is -0.493 e. The summed E-state index contributed by atoms with van der Waals surface area (Å²) < 4.78 is 4.70. The molecule has 0 fully saturated rings. The summed E-state index contributed by atoms with van der Waals surface area (Å²) in [6, 6.07) is 7.32. The van der Waals surface area contributed by atoms with Gasteiger partial charge >= 0.3 is 5.97 Å². The highest BCUT2D eigenvalue weighted by Gasteiger charge is 2.18. The SMILES string of the molecule is COC(=O)c1ccc(CC(C)c2csc3nc(N)nc(O)c23)cc1. The van der Waals surface area contributed by atoms with Crippen LogP contribution in [0.4, 0.5) is 5.95 Å². The molecule has 0 spiro atoms. The zero-order chi connectivity index (χ0) is 17.3. The summed E-state index contributed by atoms with van der Waals surface area (Å²) >= 11 is 1.44. The van der Waals surface area contributed by atoms with E-state index in [0.717, 1.165) is 17.5 Å². The number of ether oxygens (including phenoxy) is 1. The molecule has 0 aliphatic rings. The highest BCUT2D eigenvalue weighted by molar-refractivity contribution is 7.17. The molecule has 0 bridgehead atoms. The lowest BCUT2D eigenvalue weighted by Crippen LogP contribution is -2.02. The van der Waals surface area contributed by atoms with Crippen LogP contribution in [0.2, 0.25) is 0 Å². The van der Waals surface area contributed by atoms with Gasteiger partial charge in [-0.25, -0.2) is 9.78 Å². The van der Waals surface area contributed by atoms with Crippen molar-refractivity contribution < 1.29 is 14.6 Å². The van der Waals surface area contributed by atoms with Crippen LogP contribution >= 0.6 is 11.3 Å². The highest BCUT2D eigenvalue weighted by Crippen LogP contribution is 2.36. The maximum absolute atomic E-state index is 11.5. The standard InChI is InChI=1S/C17H17N3O3S/c1-9(7-10-3-5-11(6-4-10)16(22)23-2)12-8-24-15-13(12)14(21)19-17(18)20-15/h3-6,8-9H,7H2,1-2H3,(H3,18,19,20,21). The summed E-state index contributed by atoms with van der Waals surface area (Å²) in [6.45, 7) is 2.07. The third kappa shape index (κ3) is 3.03. The Morgan fingerprint density at radius 3 is 2.71 bits per heavy atom. The molecule has 24 heavy (non-hydrogen) atoms. The van der Waals surface area contributed by atoms with Gasteiger partial charge in [0.05, 0.1) is 18.1 Å². The van der Waals surface area contributed by atoms with Crippen LogP contribution in [-0.2, 0) is 11.2 Å². The van der Waals surface area contributed by atoms with Gasteiger partial charge in [0.2, 0.25) is 11.8 Å². The molecule has 2 aromatic heterocycles. The fourth-order valence-electron chi connectivity index (χ4n) is 2.68. The maximum Gasteiger partial charge on any atom is 0.337 e. The van der Waals surface area contributed by atoms with Crippen LogP contribution in [0.5, 0.6) is 5.88 Å². The predicted octanol–water partition coefficient (Wildman–Crippen LogP) is 3.11. The van der Waals surface area contributed by atoms with E-state index in [0.29, 0.717) is 15.8 Å². The van der Waals surface area contributed by atoms with E-state index >= 15 is 0 Å². The number of aromatic nitrogens is 2. The van der Waals surface area contributed by atoms with Crippen molar-refractivity contribution in [3.05, 3.63) is 46.3 Å². The van der Waals surface area contributed by atoms with Gasteiger partial charge in [-0.2, -0.15) is 4.98 Å². The third-order valence-electron chi connectivity index (χ3n) is 3.91. The van der Waals surface area contributed by atoms with E-state index < -0.39 is 0 Å². The Hall–Kier alpha value is -2.67. The predicted molar refractivity (Wildman–Crippen MR) is 93.4 cm³/mol. The van der Waals surface area contributed by atoms with Gasteiger partial charge < -0.3 is 15.6 Å². The Bertz CT molecular complexity index is 890. The first-order valence-corrected chi connectivity index (χ1v) is 8.28. The molecule has 124 valence electrons. The lowest BCUT2D eigenvalue weighted by molar-refractivity contribution is 0.0600. The molecule has 2 heterocycles. The number of carbonyl (C=O) groups excluding carboxylic acids is 1. The zero-order valence-electron chi connectivity index (χ0n) is 13.3. The summed E-state index contributed by atoms with van der Waals surface area (Å²) in [7, 11) is 1.36. The number of carbonyl (C=O) groups is 1. The van der Waals surface area contributed by atoms with Crippen molar-refractivity contribution in [2.45, 2.75) is 19.3 Å². The third-order valence-corrected chi connectivity index (χ3v) is 4.80. The quantitative estimate of drug-likeness (QED) is 0.706. The molecular formula is C17H17N3O3S. The van der Waals surface area contributed by atoms with E-state index in [1.807, 2.05) is 17.5 Å². The lowest BCUT2D eigenvalue weighted by atomic mass is 9.93. The van der Waals surface area contributed by atoms with Gasteiger partial charge in [-0.05, 0) is 41.0 Å². The van der Waals surface area contributed by atoms with Crippen LogP contribution in [0.25, 0.3) is 10.2 Å². The Morgan fingerprint density at radius 1 is 1.33 bits per heavy atom. The minimum atomic E-state index is -0.349. The smallest absolute Gasteiger partial charge is 0.337 e. The first-order chi connectivity index (χ1) is 11.5. The van der Waals surface area contributed by atoms with Crippen molar-refractivity contribution in [3.8, 4) is 5.88 Å². The number of hydrogen-bond donors (Lipinski definition) is 2. The molecule has 1 atom stereocenters. The van der Waals surface area contributed by atoms with Gasteiger partial charge in [0.25, 0.3) is 0 Å². The fourth-order valence-corrected chi connectivity index (χ4v) is 3.74. The number of benzene rings is 1. The van der Waals surface area contributed by atoms with Crippen molar-refractivity contribution in [2.24, 2.45) is 0 Å². The summed E-state index contributed by atoms with van der Waals surface area (Å²) in [5.74, 6) is -0.208. The normalized spacial score (nSPS) is 12.2. The monoisotopic (exact) mass is 343 g/mol. The van der Waals surface area contributed by atoms with Crippen LogP contribution in [0.15, 0.2) is 29.6 Å². The molecule has 0 aliphatic heterocycles. The molecule has 3 rings (SSSR count). The Labute approximate surface area is 142 Å². The fraction of sp³-hybridized carbons (Fsp3) is 0.235. The number of nitrogens with zero attached hydrogens (tertiary/aromatic N) is 2. The Kier molecular flexibility index (Phi) is 4.35. The summed E-state index contributed by atoms with van der Waals surface area (Å²) in [6.07, 6.45) is 0.761.